The third-order valence-electron chi connectivity index (χ3n) is 1.90. The summed E-state index contributed by atoms with van der Waals surface area (Å²) in [4.78, 5) is 17.3. The van der Waals surface area contributed by atoms with Crippen molar-refractivity contribution in [2.24, 2.45) is 0 Å². The second-order valence-electron chi connectivity index (χ2n) is 3.08. The van der Waals surface area contributed by atoms with Crippen LogP contribution in [-0.4, -0.2) is 36.4 Å². The molecular weight excluding hydrogens is 198 g/mol. The largest absolute Gasteiger partial charge is 0.340 e. The van der Waals surface area contributed by atoms with E-state index in [9.17, 15) is 4.79 Å². The maximum atomic E-state index is 11.5. The molecule has 0 unspecified atom stereocenters. The van der Waals surface area contributed by atoms with Crippen molar-refractivity contribution in [3.05, 3.63) is 16.6 Å². The summed E-state index contributed by atoms with van der Waals surface area (Å²) in [5.74, 6) is 0.146. The number of nitrogens with one attached hydrogen (secondary N) is 1. The van der Waals surface area contributed by atoms with E-state index in [1.54, 1.807) is 28.8 Å². The van der Waals surface area contributed by atoms with E-state index in [2.05, 4.69) is 10.3 Å². The molecule has 0 fully saturated rings. The summed E-state index contributed by atoms with van der Waals surface area (Å²) in [6.45, 7) is 1.33. The maximum Gasteiger partial charge on any atom is 0.223 e. The first-order valence-corrected chi connectivity index (χ1v) is 5.44. The van der Waals surface area contributed by atoms with Gasteiger partial charge in [0.1, 0.15) is 0 Å². The van der Waals surface area contributed by atoms with Crippen LogP contribution in [0, 0.1) is 0 Å². The van der Waals surface area contributed by atoms with Crippen molar-refractivity contribution in [2.75, 3.05) is 20.6 Å². The monoisotopic (exact) mass is 213 g/mol. The number of aromatic nitrogens is 1. The van der Waals surface area contributed by atoms with Crippen molar-refractivity contribution in [3.63, 3.8) is 0 Å². The third-order valence-corrected chi connectivity index (χ3v) is 2.53. The Bertz CT molecular complexity index is 274. The number of carbonyl (C=O) groups is 1. The van der Waals surface area contributed by atoms with E-state index in [4.69, 9.17) is 0 Å². The number of rotatable bonds is 5. The number of thiazole rings is 1. The molecule has 1 rings (SSSR count). The summed E-state index contributed by atoms with van der Waals surface area (Å²) < 4.78 is 0. The van der Waals surface area contributed by atoms with Crippen LogP contribution >= 0.6 is 11.3 Å². The van der Waals surface area contributed by atoms with Gasteiger partial charge >= 0.3 is 0 Å². The second kappa shape index (κ2) is 5.72. The second-order valence-corrected chi connectivity index (χ2v) is 3.80. The highest BCUT2D eigenvalue weighted by Gasteiger charge is 2.08. The van der Waals surface area contributed by atoms with E-state index in [0.29, 0.717) is 13.0 Å². The van der Waals surface area contributed by atoms with Gasteiger partial charge in [-0.3, -0.25) is 4.79 Å². The Hall–Kier alpha value is -0.940. The van der Waals surface area contributed by atoms with Crippen molar-refractivity contribution in [3.8, 4) is 0 Å². The SMILES string of the molecule is CNCCC(=O)N(C)Cc1cscn1. The fraction of sp³-hybridized carbons (Fsp3) is 0.556. The average molecular weight is 213 g/mol. The van der Waals surface area contributed by atoms with Crippen molar-refractivity contribution < 1.29 is 4.79 Å². The van der Waals surface area contributed by atoms with Crippen LogP contribution in [0.4, 0.5) is 0 Å². The first kappa shape index (κ1) is 11.1. The van der Waals surface area contributed by atoms with Crippen LogP contribution in [0.1, 0.15) is 12.1 Å². The quantitative estimate of drug-likeness (QED) is 0.783. The first-order chi connectivity index (χ1) is 6.74. The summed E-state index contributed by atoms with van der Waals surface area (Å²) in [5.41, 5.74) is 2.73. The summed E-state index contributed by atoms with van der Waals surface area (Å²) in [6, 6.07) is 0. The minimum Gasteiger partial charge on any atom is -0.340 e. The van der Waals surface area contributed by atoms with Crippen LogP contribution in [0.2, 0.25) is 0 Å². The molecule has 0 aliphatic heterocycles. The van der Waals surface area contributed by atoms with Gasteiger partial charge in [-0.1, -0.05) is 0 Å². The van der Waals surface area contributed by atoms with Gasteiger partial charge in [0, 0.05) is 25.4 Å². The smallest absolute Gasteiger partial charge is 0.223 e. The molecule has 5 heteroatoms. The Balaban J connectivity index is 2.34. The molecule has 1 heterocycles. The van der Waals surface area contributed by atoms with Crippen LogP contribution in [0.25, 0.3) is 0 Å². The lowest BCUT2D eigenvalue weighted by Crippen LogP contribution is -2.28. The van der Waals surface area contributed by atoms with E-state index in [1.165, 1.54) is 0 Å². The van der Waals surface area contributed by atoms with Crippen molar-refractivity contribution >= 4 is 17.2 Å². The van der Waals surface area contributed by atoms with Crippen LogP contribution in [0.5, 0.6) is 0 Å². The molecule has 1 aromatic heterocycles. The number of nitrogens with zero attached hydrogens (tertiary/aromatic N) is 2. The molecule has 4 nitrogen and oxygen atoms in total. The molecule has 0 saturated carbocycles. The average Bonchev–Trinajstić information content (AvgIpc) is 2.66. The molecule has 1 N–H and O–H groups in total. The zero-order chi connectivity index (χ0) is 10.4. The Morgan fingerprint density at radius 1 is 1.71 bits per heavy atom. The highest BCUT2D eigenvalue weighted by Crippen LogP contribution is 2.04. The van der Waals surface area contributed by atoms with E-state index < -0.39 is 0 Å². The Morgan fingerprint density at radius 2 is 2.50 bits per heavy atom. The zero-order valence-corrected chi connectivity index (χ0v) is 9.30. The lowest BCUT2D eigenvalue weighted by molar-refractivity contribution is -0.130. The summed E-state index contributed by atoms with van der Waals surface area (Å²) in [7, 11) is 3.64. The van der Waals surface area contributed by atoms with Gasteiger partial charge in [-0.15, -0.1) is 11.3 Å². The molecule has 0 radical (unpaired) electrons. The normalized spacial score (nSPS) is 10.1. The van der Waals surface area contributed by atoms with Gasteiger partial charge in [0.05, 0.1) is 17.7 Å². The molecule has 0 aliphatic rings. The minimum absolute atomic E-state index is 0.146. The predicted molar refractivity (Wildman–Crippen MR) is 57.1 cm³/mol. The lowest BCUT2D eigenvalue weighted by Gasteiger charge is -2.15. The maximum absolute atomic E-state index is 11.5. The molecule has 0 spiro atoms. The van der Waals surface area contributed by atoms with E-state index in [-0.39, 0.29) is 5.91 Å². The van der Waals surface area contributed by atoms with Crippen LogP contribution < -0.4 is 5.32 Å². The van der Waals surface area contributed by atoms with Gasteiger partial charge in [-0.05, 0) is 7.05 Å². The topological polar surface area (TPSA) is 45.2 Å². The molecule has 0 aliphatic carbocycles. The van der Waals surface area contributed by atoms with Crippen molar-refractivity contribution in [1.82, 2.24) is 15.2 Å². The van der Waals surface area contributed by atoms with Gasteiger partial charge in [-0.25, -0.2) is 4.98 Å². The summed E-state index contributed by atoms with van der Waals surface area (Å²) >= 11 is 1.55. The highest BCUT2D eigenvalue weighted by molar-refractivity contribution is 7.07. The molecule has 0 aromatic carbocycles. The molecule has 78 valence electrons. The predicted octanol–water partition coefficient (Wildman–Crippen LogP) is 0.711. The number of hydrogen-bond donors (Lipinski definition) is 1. The molecule has 1 aromatic rings. The molecular formula is C9H15N3OS. The molecule has 0 bridgehead atoms. The summed E-state index contributed by atoms with van der Waals surface area (Å²) in [6.07, 6.45) is 0.539. The van der Waals surface area contributed by atoms with E-state index >= 15 is 0 Å². The van der Waals surface area contributed by atoms with Crippen LogP contribution in [0.3, 0.4) is 0 Å². The van der Waals surface area contributed by atoms with Crippen LogP contribution in [-0.2, 0) is 11.3 Å². The third kappa shape index (κ3) is 3.43. The fourth-order valence-electron chi connectivity index (χ4n) is 1.07. The Morgan fingerprint density at radius 3 is 3.07 bits per heavy atom. The molecule has 0 atom stereocenters. The van der Waals surface area contributed by atoms with Gasteiger partial charge in [0.2, 0.25) is 5.91 Å². The minimum atomic E-state index is 0.146. The first-order valence-electron chi connectivity index (χ1n) is 4.49. The number of hydrogen-bond acceptors (Lipinski definition) is 4. The fourth-order valence-corrected chi connectivity index (χ4v) is 1.62. The van der Waals surface area contributed by atoms with Crippen molar-refractivity contribution in [2.45, 2.75) is 13.0 Å². The van der Waals surface area contributed by atoms with Crippen LogP contribution in [0.15, 0.2) is 10.9 Å². The van der Waals surface area contributed by atoms with E-state index in [1.807, 2.05) is 12.4 Å². The van der Waals surface area contributed by atoms with Gasteiger partial charge in [0.25, 0.3) is 0 Å². The standard InChI is InChI=1S/C9H15N3OS/c1-10-4-3-9(13)12(2)5-8-6-14-7-11-8/h6-7,10H,3-5H2,1-2H3. The lowest BCUT2D eigenvalue weighted by atomic mass is 10.3. The Kier molecular flexibility index (Phi) is 4.55. The zero-order valence-electron chi connectivity index (χ0n) is 8.49. The number of amides is 1. The molecule has 14 heavy (non-hydrogen) atoms. The Labute approximate surface area is 88.0 Å². The molecule has 1 amide bonds. The summed E-state index contributed by atoms with van der Waals surface area (Å²) in [5, 5.41) is 4.91. The number of carbonyl (C=O) groups excluding carboxylic acids is 1. The highest BCUT2D eigenvalue weighted by atomic mass is 32.1. The van der Waals surface area contributed by atoms with Gasteiger partial charge in [-0.2, -0.15) is 0 Å². The van der Waals surface area contributed by atoms with E-state index in [0.717, 1.165) is 12.2 Å². The van der Waals surface area contributed by atoms with Gasteiger partial charge < -0.3 is 10.2 Å². The van der Waals surface area contributed by atoms with Gasteiger partial charge in [0.15, 0.2) is 0 Å². The molecule has 0 saturated heterocycles. The van der Waals surface area contributed by atoms with Crippen molar-refractivity contribution in [1.29, 1.82) is 0 Å².